The Labute approximate surface area is 366 Å². The molecule has 0 spiro atoms. The Morgan fingerprint density at radius 2 is 1.26 bits per heavy atom. The van der Waals surface area contributed by atoms with E-state index in [0.717, 1.165) is 6.07 Å². The molecule has 25 nitrogen and oxygen atoms in total. The zero-order chi connectivity index (χ0) is 47.8. The fraction of sp³-hybridized carbons (Fsp3) is 0.293. The predicted molar refractivity (Wildman–Crippen MR) is 205 cm³/mol. The van der Waals surface area contributed by atoms with Gasteiger partial charge in [0.25, 0.3) is 0 Å². The van der Waals surface area contributed by atoms with Crippen LogP contribution in [-0.4, -0.2) is 146 Å². The fourth-order valence-corrected chi connectivity index (χ4v) is 8.24. The maximum Gasteiger partial charge on any atom is 0.341 e. The molecular formula is C41H34O25. The normalized spacial score (nSPS) is 24.8. The average molecular weight is 927 g/mol. The number of fused-ring (bicyclic) bond motifs is 3. The molecule has 0 aliphatic carbocycles. The summed E-state index contributed by atoms with van der Waals surface area (Å²) in [6, 6.07) is 3.28. The van der Waals surface area contributed by atoms with E-state index in [9.17, 15) is 90.4 Å². The first kappa shape index (κ1) is 44.5. The third-order valence-corrected chi connectivity index (χ3v) is 11.3. The molecule has 8 rings (SSSR count). The molecule has 1 saturated heterocycles. The van der Waals surface area contributed by atoms with Crippen molar-refractivity contribution in [2.75, 3.05) is 13.2 Å². The Balaban J connectivity index is 1.35. The van der Waals surface area contributed by atoms with Gasteiger partial charge in [0, 0.05) is 28.5 Å². The number of carbonyl (C=O) groups is 5. The highest BCUT2D eigenvalue weighted by Crippen LogP contribution is 2.54. The Morgan fingerprint density at radius 3 is 1.92 bits per heavy atom. The second-order valence-electron chi connectivity index (χ2n) is 15.3. The van der Waals surface area contributed by atoms with E-state index in [2.05, 4.69) is 0 Å². The van der Waals surface area contributed by atoms with Crippen LogP contribution in [0.1, 0.15) is 54.5 Å². The number of esters is 4. The Morgan fingerprint density at radius 1 is 0.652 bits per heavy atom. The lowest BCUT2D eigenvalue weighted by Crippen LogP contribution is -2.62. The molecule has 4 bridgehead atoms. The van der Waals surface area contributed by atoms with Crippen molar-refractivity contribution >= 4 is 29.8 Å². The molecule has 8 unspecified atom stereocenters. The van der Waals surface area contributed by atoms with Gasteiger partial charge in [-0.05, 0) is 35.9 Å². The second-order valence-corrected chi connectivity index (χ2v) is 15.3. The standard InChI is InChI=1S/C41H34O25/c42-15-1-10(2-16(43)26(15)49)37(56)66-41-36-35-33(60-8-12(4-21(47)48)23-25-14(39(58)65-36)6-19(46)29(52)34(25)64-40(59)32(23)55)20(63-41)9-62-38(57)13-5-18(45)28(51)31(54)24(13)22-11(7-61-35)3-17(44)27(50)30(22)53/h1-3,5-6,12,20,23,32-33,35-36,41-46,49-55H,4,7-9H2,(H,47,48). The summed E-state index contributed by atoms with van der Waals surface area (Å²) in [6.07, 6.45) is -13.3. The van der Waals surface area contributed by atoms with Crippen molar-refractivity contribution in [3.63, 3.8) is 0 Å². The van der Waals surface area contributed by atoms with Crippen LogP contribution in [0.5, 0.6) is 69.0 Å². The van der Waals surface area contributed by atoms with Gasteiger partial charge in [0.15, 0.2) is 64.0 Å². The number of ether oxygens (including phenoxy) is 7. The first-order valence-electron chi connectivity index (χ1n) is 19.2. The molecular weight excluding hydrogens is 892 g/mol. The number of carbonyl (C=O) groups excluding carboxylic acids is 4. The van der Waals surface area contributed by atoms with E-state index in [-0.39, 0.29) is 0 Å². The summed E-state index contributed by atoms with van der Waals surface area (Å²) in [5, 5.41) is 138. The molecule has 0 saturated carbocycles. The minimum Gasteiger partial charge on any atom is -0.504 e. The van der Waals surface area contributed by atoms with Gasteiger partial charge in [-0.25, -0.2) is 19.2 Å². The molecule has 66 heavy (non-hydrogen) atoms. The van der Waals surface area contributed by atoms with Crippen molar-refractivity contribution in [2.45, 2.75) is 55.8 Å². The molecule has 25 heteroatoms. The van der Waals surface area contributed by atoms with Crippen LogP contribution in [0.25, 0.3) is 11.1 Å². The Kier molecular flexibility index (Phi) is 11.1. The van der Waals surface area contributed by atoms with Gasteiger partial charge in [-0.3, -0.25) is 4.79 Å². The zero-order valence-electron chi connectivity index (χ0n) is 33.0. The maximum atomic E-state index is 14.5. The van der Waals surface area contributed by atoms with E-state index in [1.165, 1.54) is 0 Å². The number of carboxylic acids is 1. The van der Waals surface area contributed by atoms with Crippen LogP contribution in [-0.2, 0) is 44.6 Å². The van der Waals surface area contributed by atoms with Crippen LogP contribution < -0.4 is 4.74 Å². The van der Waals surface area contributed by atoms with Crippen LogP contribution in [0, 0.1) is 5.92 Å². The van der Waals surface area contributed by atoms with Gasteiger partial charge in [0.05, 0.1) is 36.3 Å². The number of phenolic OH excluding ortho intramolecular Hbond substituents is 11. The largest absolute Gasteiger partial charge is 0.504 e. The van der Waals surface area contributed by atoms with Gasteiger partial charge in [-0.2, -0.15) is 0 Å². The number of rotatable bonds is 4. The quantitative estimate of drug-likeness (QED) is 0.0583. The molecule has 348 valence electrons. The summed E-state index contributed by atoms with van der Waals surface area (Å²) in [5.74, 6) is -24.1. The molecule has 0 radical (unpaired) electrons. The number of hydrogen-bond acceptors (Lipinski definition) is 24. The first-order chi connectivity index (χ1) is 31.2. The van der Waals surface area contributed by atoms with Crippen LogP contribution in [0.15, 0.2) is 30.3 Å². The number of phenols is 11. The number of hydrogen-bond donors (Lipinski definition) is 13. The highest BCUT2D eigenvalue weighted by Gasteiger charge is 2.55. The lowest BCUT2D eigenvalue weighted by atomic mass is 9.76. The molecule has 0 aromatic heterocycles. The molecule has 4 aliphatic heterocycles. The molecule has 0 amide bonds. The summed E-state index contributed by atoms with van der Waals surface area (Å²) in [5.41, 5.74) is -4.78. The van der Waals surface area contributed by atoms with Crippen molar-refractivity contribution in [1.82, 2.24) is 0 Å². The van der Waals surface area contributed by atoms with Crippen molar-refractivity contribution in [3.8, 4) is 80.1 Å². The minimum absolute atomic E-state index is 0.457. The number of aliphatic hydroxyl groups excluding tert-OH is 1. The summed E-state index contributed by atoms with van der Waals surface area (Å²) < 4.78 is 40.6. The first-order valence-corrected chi connectivity index (χ1v) is 19.2. The van der Waals surface area contributed by atoms with Gasteiger partial charge in [0.1, 0.15) is 24.9 Å². The van der Waals surface area contributed by atoms with Gasteiger partial charge >= 0.3 is 29.8 Å². The van der Waals surface area contributed by atoms with Crippen LogP contribution >= 0.6 is 0 Å². The van der Waals surface area contributed by atoms with Gasteiger partial charge in [-0.15, -0.1) is 0 Å². The van der Waals surface area contributed by atoms with Crippen molar-refractivity contribution < 1.29 is 124 Å². The highest BCUT2D eigenvalue weighted by molar-refractivity contribution is 6.03. The van der Waals surface area contributed by atoms with Gasteiger partial charge in [0.2, 0.25) is 23.5 Å². The van der Waals surface area contributed by atoms with E-state index >= 15 is 0 Å². The van der Waals surface area contributed by atoms with Gasteiger partial charge in [-0.1, -0.05) is 0 Å². The monoisotopic (exact) mass is 926 g/mol. The maximum absolute atomic E-state index is 14.5. The fourth-order valence-electron chi connectivity index (χ4n) is 8.24. The number of aromatic hydroxyl groups is 11. The van der Waals surface area contributed by atoms with Crippen molar-refractivity contribution in [2.24, 2.45) is 5.92 Å². The van der Waals surface area contributed by atoms with Crippen LogP contribution in [0.2, 0.25) is 0 Å². The predicted octanol–water partition coefficient (Wildman–Crippen LogP) is 0.831. The molecule has 4 aromatic rings. The number of aliphatic carboxylic acids is 1. The summed E-state index contributed by atoms with van der Waals surface area (Å²) in [7, 11) is 0. The smallest absolute Gasteiger partial charge is 0.341 e. The number of benzene rings is 4. The summed E-state index contributed by atoms with van der Waals surface area (Å²) in [6.45, 7) is -2.86. The van der Waals surface area contributed by atoms with E-state index in [0.29, 0.717) is 24.3 Å². The lowest BCUT2D eigenvalue weighted by Gasteiger charge is -2.45. The Bertz CT molecular complexity index is 2720. The van der Waals surface area contributed by atoms with E-state index < -0.39 is 213 Å². The van der Waals surface area contributed by atoms with E-state index in [1.807, 2.05) is 0 Å². The second kappa shape index (κ2) is 16.5. The topological polar surface area (TPSA) is 413 Å². The Hall–Kier alpha value is -8.13. The third kappa shape index (κ3) is 7.39. The van der Waals surface area contributed by atoms with Gasteiger partial charge < -0.3 is 99.5 Å². The number of carboxylic acid groups (broad SMARTS) is 1. The minimum atomic E-state index is -2.27. The molecule has 4 heterocycles. The lowest BCUT2D eigenvalue weighted by molar-refractivity contribution is -0.302. The number of aliphatic hydroxyl groups is 1. The third-order valence-electron chi connectivity index (χ3n) is 11.3. The molecule has 13 N–H and O–H groups in total. The summed E-state index contributed by atoms with van der Waals surface area (Å²) in [4.78, 5) is 67.7. The van der Waals surface area contributed by atoms with E-state index in [1.54, 1.807) is 0 Å². The molecule has 4 aliphatic rings. The number of cyclic esters (lactones) is 1. The molecule has 1 fully saturated rings. The van der Waals surface area contributed by atoms with Crippen molar-refractivity contribution in [1.29, 1.82) is 0 Å². The van der Waals surface area contributed by atoms with Crippen LogP contribution in [0.3, 0.4) is 0 Å². The molecule has 4 aromatic carbocycles. The van der Waals surface area contributed by atoms with E-state index in [4.69, 9.17) is 33.2 Å². The SMILES string of the molecule is O=C(O)CC1COC2C3COC(=O)c4cc(O)c(O)c(O)c4-c4c(cc(O)c(O)c4O)COC2C(OC(=O)c2cc(O)c(O)c4c2C1C(O)C(=O)O4)C(OC(=O)c1cc(O)c(O)c(O)c1)O3. The van der Waals surface area contributed by atoms with Crippen molar-refractivity contribution in [3.05, 3.63) is 58.1 Å². The zero-order valence-corrected chi connectivity index (χ0v) is 33.0. The summed E-state index contributed by atoms with van der Waals surface area (Å²) >= 11 is 0. The average Bonchev–Trinajstić information content (AvgIpc) is 3.27. The van der Waals surface area contributed by atoms with Crippen LogP contribution in [0.4, 0.5) is 0 Å². The highest BCUT2D eigenvalue weighted by atomic mass is 16.7. The molecule has 8 atom stereocenters.